The van der Waals surface area contributed by atoms with E-state index in [1.54, 1.807) is 0 Å². The van der Waals surface area contributed by atoms with E-state index < -0.39 is 0 Å². The highest BCUT2D eigenvalue weighted by atomic mass is 15.2. The van der Waals surface area contributed by atoms with Gasteiger partial charge in [-0.3, -0.25) is 0 Å². The van der Waals surface area contributed by atoms with Gasteiger partial charge in [-0.2, -0.15) is 0 Å². The lowest BCUT2D eigenvalue weighted by Crippen LogP contribution is -2.61. The highest BCUT2D eigenvalue weighted by Gasteiger charge is 2.30. The van der Waals surface area contributed by atoms with Crippen LogP contribution in [-0.2, 0) is 0 Å². The van der Waals surface area contributed by atoms with E-state index in [9.17, 15) is 0 Å². The van der Waals surface area contributed by atoms with Crippen LogP contribution in [0.25, 0.3) is 0 Å². The van der Waals surface area contributed by atoms with Crippen molar-refractivity contribution in [3.63, 3.8) is 0 Å². The number of likely N-dealkylation sites (N-methyl/N-ethyl adjacent to an activating group) is 1. The van der Waals surface area contributed by atoms with E-state index in [4.69, 9.17) is 5.73 Å². The Morgan fingerprint density at radius 3 is 2.50 bits per heavy atom. The number of likely N-dealkylation sites (tertiary alicyclic amines) is 1. The number of nitrogens with two attached hydrogens (primary N) is 1. The van der Waals surface area contributed by atoms with Crippen LogP contribution in [0.2, 0.25) is 0 Å². The van der Waals surface area contributed by atoms with Gasteiger partial charge in [0.2, 0.25) is 0 Å². The highest BCUT2D eigenvalue weighted by Crippen LogP contribution is 2.15. The van der Waals surface area contributed by atoms with E-state index >= 15 is 0 Å². The Labute approximate surface area is 50.7 Å². The largest absolute Gasteiger partial charge is 0.325 e. The Balaban J connectivity index is 2.29. The van der Waals surface area contributed by atoms with Crippen molar-refractivity contribution in [3.8, 4) is 0 Å². The van der Waals surface area contributed by atoms with Crippen LogP contribution >= 0.6 is 0 Å². The summed E-state index contributed by atoms with van der Waals surface area (Å²) in [6, 6.07) is 1.11. The number of hydrogen-bond donors (Lipinski definition) is 1. The van der Waals surface area contributed by atoms with Crippen LogP contribution in [0.1, 0.15) is 13.3 Å². The Bertz CT molecular complexity index is 74.6. The van der Waals surface area contributed by atoms with Gasteiger partial charge in [0.05, 0.1) is 0 Å². The molecule has 0 saturated carbocycles. The molecule has 2 atom stereocenters. The van der Waals surface area contributed by atoms with Gasteiger partial charge in [0.25, 0.3) is 0 Å². The lowest BCUT2D eigenvalue weighted by molar-refractivity contribution is 0.0913. The smallest absolute Gasteiger partial charge is 0.0326 e. The number of nitrogens with zero attached hydrogens (tertiary/aromatic N) is 1. The third-order valence-corrected chi connectivity index (χ3v) is 1.98. The molecular weight excluding hydrogens is 100 g/mol. The topological polar surface area (TPSA) is 29.3 Å². The minimum atomic E-state index is 0.449. The molecule has 0 radical (unpaired) electrons. The van der Waals surface area contributed by atoms with Crippen LogP contribution in [-0.4, -0.2) is 30.6 Å². The average Bonchev–Trinajstić information content (AvgIpc) is 1.67. The van der Waals surface area contributed by atoms with Crippen LogP contribution in [0.5, 0.6) is 0 Å². The first-order valence-corrected chi connectivity index (χ1v) is 3.21. The van der Waals surface area contributed by atoms with E-state index in [1.165, 1.54) is 6.42 Å². The summed E-state index contributed by atoms with van der Waals surface area (Å²) in [5, 5.41) is 0. The monoisotopic (exact) mass is 114 g/mol. The normalized spacial score (nSPS) is 39.4. The number of hydrogen-bond acceptors (Lipinski definition) is 2. The predicted octanol–water partition coefficient (Wildman–Crippen LogP) is 0.0377. The van der Waals surface area contributed by atoms with Crippen molar-refractivity contribution in [2.75, 3.05) is 13.6 Å². The first-order valence-electron chi connectivity index (χ1n) is 3.21. The van der Waals surface area contributed by atoms with Crippen molar-refractivity contribution in [1.82, 2.24) is 4.90 Å². The van der Waals surface area contributed by atoms with Gasteiger partial charge < -0.3 is 10.6 Å². The molecule has 1 aliphatic rings. The standard InChI is InChI=1S/C6H14N2/c1-3-6-5(7)4-8(6)2/h5-6H,3-4,7H2,1-2H3/t5-,6?/m1/s1. The molecule has 0 amide bonds. The molecule has 48 valence electrons. The quantitative estimate of drug-likeness (QED) is 0.521. The fraction of sp³-hybridized carbons (Fsp3) is 1.00. The molecule has 2 nitrogen and oxygen atoms in total. The Kier molecular flexibility index (Phi) is 1.54. The van der Waals surface area contributed by atoms with E-state index in [0.29, 0.717) is 12.1 Å². The molecule has 0 aromatic rings. The zero-order valence-corrected chi connectivity index (χ0v) is 5.59. The van der Waals surface area contributed by atoms with Crippen molar-refractivity contribution in [1.29, 1.82) is 0 Å². The van der Waals surface area contributed by atoms with Gasteiger partial charge in [0, 0.05) is 18.6 Å². The second-order valence-electron chi connectivity index (χ2n) is 2.58. The SMILES string of the molecule is CCC1[C@H](N)CN1C. The lowest BCUT2D eigenvalue weighted by Gasteiger charge is -2.43. The maximum absolute atomic E-state index is 5.68. The van der Waals surface area contributed by atoms with Crippen LogP contribution < -0.4 is 5.73 Å². The maximum Gasteiger partial charge on any atom is 0.0326 e. The fourth-order valence-electron chi connectivity index (χ4n) is 1.39. The van der Waals surface area contributed by atoms with Crippen molar-refractivity contribution in [2.45, 2.75) is 25.4 Å². The second kappa shape index (κ2) is 2.03. The van der Waals surface area contributed by atoms with Crippen LogP contribution in [0, 0.1) is 0 Å². The Morgan fingerprint density at radius 1 is 1.75 bits per heavy atom. The van der Waals surface area contributed by atoms with Crippen LogP contribution in [0.15, 0.2) is 0 Å². The summed E-state index contributed by atoms with van der Waals surface area (Å²) in [5.74, 6) is 0. The fourth-order valence-corrected chi connectivity index (χ4v) is 1.39. The third-order valence-electron chi connectivity index (χ3n) is 1.98. The summed E-state index contributed by atoms with van der Waals surface area (Å²) in [4.78, 5) is 2.30. The van der Waals surface area contributed by atoms with Crippen molar-refractivity contribution < 1.29 is 0 Å². The zero-order valence-electron chi connectivity index (χ0n) is 5.59. The molecule has 1 saturated heterocycles. The molecule has 2 N–H and O–H groups in total. The van der Waals surface area contributed by atoms with E-state index in [0.717, 1.165) is 6.54 Å². The van der Waals surface area contributed by atoms with E-state index in [-0.39, 0.29) is 0 Å². The van der Waals surface area contributed by atoms with E-state index in [1.807, 2.05) is 0 Å². The lowest BCUT2D eigenvalue weighted by atomic mass is 9.96. The highest BCUT2D eigenvalue weighted by molar-refractivity contribution is 4.91. The van der Waals surface area contributed by atoms with Gasteiger partial charge in [0.1, 0.15) is 0 Å². The summed E-state index contributed by atoms with van der Waals surface area (Å²) in [6.45, 7) is 3.26. The minimum Gasteiger partial charge on any atom is -0.325 e. The molecule has 8 heavy (non-hydrogen) atoms. The molecular formula is C6H14N2. The molecule has 0 aromatic heterocycles. The van der Waals surface area contributed by atoms with Gasteiger partial charge in [-0.15, -0.1) is 0 Å². The molecule has 1 heterocycles. The van der Waals surface area contributed by atoms with Crippen LogP contribution in [0.3, 0.4) is 0 Å². The van der Waals surface area contributed by atoms with Gasteiger partial charge in [0.15, 0.2) is 0 Å². The van der Waals surface area contributed by atoms with Gasteiger partial charge >= 0.3 is 0 Å². The summed E-state index contributed by atoms with van der Waals surface area (Å²) >= 11 is 0. The maximum atomic E-state index is 5.68. The van der Waals surface area contributed by atoms with Crippen LogP contribution in [0.4, 0.5) is 0 Å². The zero-order chi connectivity index (χ0) is 6.15. The molecule has 1 unspecified atom stereocenters. The summed E-state index contributed by atoms with van der Waals surface area (Å²) in [5.41, 5.74) is 5.68. The third kappa shape index (κ3) is 0.740. The average molecular weight is 114 g/mol. The summed E-state index contributed by atoms with van der Waals surface area (Å²) in [7, 11) is 2.12. The molecule has 2 heteroatoms. The molecule has 1 aliphatic heterocycles. The van der Waals surface area contributed by atoms with Gasteiger partial charge in [-0.1, -0.05) is 6.92 Å². The second-order valence-corrected chi connectivity index (χ2v) is 2.58. The minimum absolute atomic E-state index is 0.449. The predicted molar refractivity (Wildman–Crippen MR) is 34.7 cm³/mol. The van der Waals surface area contributed by atoms with Crippen molar-refractivity contribution in [2.24, 2.45) is 5.73 Å². The first kappa shape index (κ1) is 6.05. The van der Waals surface area contributed by atoms with Crippen molar-refractivity contribution >= 4 is 0 Å². The van der Waals surface area contributed by atoms with E-state index in [2.05, 4.69) is 18.9 Å². The molecule has 0 bridgehead atoms. The molecule has 1 rings (SSSR count). The molecule has 1 fully saturated rings. The molecule has 0 aliphatic carbocycles. The van der Waals surface area contributed by atoms with Gasteiger partial charge in [-0.25, -0.2) is 0 Å². The first-order chi connectivity index (χ1) is 3.75. The summed E-state index contributed by atoms with van der Waals surface area (Å²) in [6.07, 6.45) is 1.19. The Morgan fingerprint density at radius 2 is 2.38 bits per heavy atom. The molecule has 0 spiro atoms. The summed E-state index contributed by atoms with van der Waals surface area (Å²) < 4.78 is 0. The van der Waals surface area contributed by atoms with Gasteiger partial charge in [-0.05, 0) is 13.5 Å². The Hall–Kier alpha value is -0.0800. The van der Waals surface area contributed by atoms with Crippen molar-refractivity contribution in [3.05, 3.63) is 0 Å². The molecule has 0 aromatic carbocycles. The number of rotatable bonds is 1.